The molecule has 0 atom stereocenters. The number of amides is 1. The lowest BCUT2D eigenvalue weighted by atomic mass is 10.2. The molecule has 8 nitrogen and oxygen atoms in total. The van der Waals surface area contributed by atoms with Gasteiger partial charge in [-0.05, 0) is 66.7 Å². The number of benzene rings is 3. The van der Waals surface area contributed by atoms with Crippen molar-refractivity contribution in [2.45, 2.75) is 4.90 Å². The first-order valence-corrected chi connectivity index (χ1v) is 14.3. The molecule has 0 saturated carbocycles. The molecular formula is C26H26ClF2N5O3S2. The van der Waals surface area contributed by atoms with E-state index in [0.717, 1.165) is 53.7 Å². The number of hydrogen-bond acceptors (Lipinski definition) is 7. The van der Waals surface area contributed by atoms with Crippen LogP contribution in [0.15, 0.2) is 71.6 Å². The van der Waals surface area contributed by atoms with E-state index in [0.29, 0.717) is 24.3 Å². The number of anilines is 2. The van der Waals surface area contributed by atoms with Crippen LogP contribution in [0.4, 0.5) is 19.6 Å². The summed E-state index contributed by atoms with van der Waals surface area (Å²) in [4.78, 5) is 21.6. The van der Waals surface area contributed by atoms with Crippen LogP contribution in [0.3, 0.4) is 0 Å². The molecule has 5 rings (SSSR count). The molecule has 39 heavy (non-hydrogen) atoms. The Kier molecular flexibility index (Phi) is 9.01. The van der Waals surface area contributed by atoms with Crippen LogP contribution < -0.4 is 14.9 Å². The summed E-state index contributed by atoms with van der Waals surface area (Å²) in [5, 5.41) is 3.79. The third-order valence-electron chi connectivity index (χ3n) is 6.22. The van der Waals surface area contributed by atoms with E-state index in [2.05, 4.69) is 24.8 Å². The SMILES string of the molecule is Cl.O=C(NCCN1CCN(c2nc3ccc(F)cc3s2)CC1)c1ccc(NS(=O)(=O)c2ccc(F)cc2)cc1. The minimum absolute atomic E-state index is 0. The predicted octanol–water partition coefficient (Wildman–Crippen LogP) is 4.35. The topological polar surface area (TPSA) is 94.6 Å². The van der Waals surface area contributed by atoms with Gasteiger partial charge in [-0.3, -0.25) is 14.4 Å². The quantitative estimate of drug-likeness (QED) is 0.315. The van der Waals surface area contributed by atoms with Gasteiger partial charge in [0.15, 0.2) is 5.13 Å². The molecule has 1 fully saturated rings. The second kappa shape index (κ2) is 12.2. The average Bonchev–Trinajstić information content (AvgIpc) is 3.33. The Balaban J connectivity index is 0.00000353. The molecule has 3 aromatic carbocycles. The first kappa shape index (κ1) is 28.7. The maximum atomic E-state index is 13.5. The van der Waals surface area contributed by atoms with Gasteiger partial charge in [0, 0.05) is 50.5 Å². The van der Waals surface area contributed by atoms with Gasteiger partial charge in [-0.2, -0.15) is 0 Å². The molecule has 2 N–H and O–H groups in total. The van der Waals surface area contributed by atoms with Crippen molar-refractivity contribution >= 4 is 60.7 Å². The molecule has 1 amide bonds. The Bertz CT molecular complexity index is 1540. The van der Waals surface area contributed by atoms with Crippen molar-refractivity contribution in [2.75, 3.05) is 48.9 Å². The normalized spacial score (nSPS) is 14.2. The number of halogens is 3. The molecule has 206 valence electrons. The smallest absolute Gasteiger partial charge is 0.261 e. The van der Waals surface area contributed by atoms with Crippen molar-refractivity contribution < 1.29 is 22.0 Å². The number of nitrogens with one attached hydrogen (secondary N) is 2. The second-order valence-electron chi connectivity index (χ2n) is 8.83. The summed E-state index contributed by atoms with van der Waals surface area (Å²) in [6.07, 6.45) is 0. The van der Waals surface area contributed by atoms with Crippen LogP contribution in [-0.2, 0) is 10.0 Å². The van der Waals surface area contributed by atoms with Crippen LogP contribution in [0, 0.1) is 11.6 Å². The molecule has 1 aromatic heterocycles. The summed E-state index contributed by atoms with van der Waals surface area (Å²) >= 11 is 1.49. The van der Waals surface area contributed by atoms with Gasteiger partial charge in [0.05, 0.1) is 15.1 Å². The predicted molar refractivity (Wildman–Crippen MR) is 151 cm³/mol. The van der Waals surface area contributed by atoms with Crippen LogP contribution in [0.25, 0.3) is 10.2 Å². The van der Waals surface area contributed by atoms with E-state index in [1.807, 2.05) is 0 Å². The number of thiazole rings is 1. The molecule has 1 aliphatic rings. The summed E-state index contributed by atoms with van der Waals surface area (Å²) in [7, 11) is -3.86. The van der Waals surface area contributed by atoms with E-state index in [1.165, 1.54) is 47.7 Å². The highest BCUT2D eigenvalue weighted by molar-refractivity contribution is 7.92. The molecule has 4 aromatic rings. The standard InChI is InChI=1S/C26H25F2N5O3S2.ClH/c27-19-3-8-22(9-4-19)38(35,36)31-21-6-1-18(2-7-21)25(34)29-11-12-32-13-15-33(16-14-32)26-30-23-10-5-20(28)17-24(23)37-26;/h1-10,17,31H,11-16H2,(H,29,34);1H. The molecular weight excluding hydrogens is 568 g/mol. The number of carbonyl (C=O) groups is 1. The van der Waals surface area contributed by atoms with Crippen molar-refractivity contribution in [3.8, 4) is 0 Å². The summed E-state index contributed by atoms with van der Waals surface area (Å²) in [5.41, 5.74) is 1.50. The largest absolute Gasteiger partial charge is 0.351 e. The van der Waals surface area contributed by atoms with E-state index < -0.39 is 15.8 Å². The molecule has 0 unspecified atom stereocenters. The highest BCUT2D eigenvalue weighted by atomic mass is 35.5. The third-order valence-corrected chi connectivity index (χ3v) is 8.69. The van der Waals surface area contributed by atoms with Crippen LogP contribution in [0.2, 0.25) is 0 Å². The summed E-state index contributed by atoms with van der Waals surface area (Å²) < 4.78 is 54.7. The number of rotatable bonds is 8. The first-order chi connectivity index (χ1) is 18.3. The summed E-state index contributed by atoms with van der Waals surface area (Å²) in [5.74, 6) is -1.04. The lowest BCUT2D eigenvalue weighted by molar-refractivity contribution is 0.0948. The Morgan fingerprint density at radius 1 is 0.923 bits per heavy atom. The lowest BCUT2D eigenvalue weighted by Gasteiger charge is -2.34. The minimum atomic E-state index is -3.86. The zero-order valence-electron chi connectivity index (χ0n) is 20.6. The highest BCUT2D eigenvalue weighted by Crippen LogP contribution is 2.29. The lowest BCUT2D eigenvalue weighted by Crippen LogP contribution is -2.48. The van der Waals surface area contributed by atoms with Crippen molar-refractivity contribution in [1.82, 2.24) is 15.2 Å². The molecule has 1 aliphatic heterocycles. The number of carbonyl (C=O) groups excluding carboxylic acids is 1. The Morgan fingerprint density at radius 3 is 2.28 bits per heavy atom. The number of piperazine rings is 1. The van der Waals surface area contributed by atoms with Crippen molar-refractivity contribution in [1.29, 1.82) is 0 Å². The van der Waals surface area contributed by atoms with Crippen molar-refractivity contribution in [3.63, 3.8) is 0 Å². The molecule has 0 aliphatic carbocycles. The zero-order chi connectivity index (χ0) is 26.7. The maximum absolute atomic E-state index is 13.5. The number of nitrogens with zero attached hydrogens (tertiary/aromatic N) is 3. The monoisotopic (exact) mass is 593 g/mol. The first-order valence-electron chi connectivity index (χ1n) is 12.0. The highest BCUT2D eigenvalue weighted by Gasteiger charge is 2.20. The Morgan fingerprint density at radius 2 is 1.59 bits per heavy atom. The van der Waals surface area contributed by atoms with Crippen LogP contribution in [0.1, 0.15) is 10.4 Å². The maximum Gasteiger partial charge on any atom is 0.261 e. The molecule has 0 bridgehead atoms. The van der Waals surface area contributed by atoms with Crippen molar-refractivity contribution in [2.24, 2.45) is 0 Å². The zero-order valence-corrected chi connectivity index (χ0v) is 23.1. The Labute approximate surface area is 235 Å². The number of fused-ring (bicyclic) bond motifs is 1. The van der Waals surface area contributed by atoms with Gasteiger partial charge in [-0.15, -0.1) is 12.4 Å². The minimum Gasteiger partial charge on any atom is -0.351 e. The van der Waals surface area contributed by atoms with E-state index >= 15 is 0 Å². The van der Waals surface area contributed by atoms with E-state index in [4.69, 9.17) is 0 Å². The van der Waals surface area contributed by atoms with Gasteiger partial charge >= 0.3 is 0 Å². The van der Waals surface area contributed by atoms with Gasteiger partial charge in [0.2, 0.25) is 0 Å². The molecule has 0 spiro atoms. The number of hydrogen-bond donors (Lipinski definition) is 2. The second-order valence-corrected chi connectivity index (χ2v) is 11.5. The third kappa shape index (κ3) is 7.01. The van der Waals surface area contributed by atoms with Gasteiger partial charge in [-0.1, -0.05) is 11.3 Å². The van der Waals surface area contributed by atoms with Gasteiger partial charge in [0.1, 0.15) is 11.6 Å². The average molecular weight is 594 g/mol. The summed E-state index contributed by atoms with van der Waals surface area (Å²) in [6, 6.07) is 15.2. The van der Waals surface area contributed by atoms with E-state index in [-0.39, 0.29) is 29.0 Å². The van der Waals surface area contributed by atoms with E-state index in [1.54, 1.807) is 18.2 Å². The van der Waals surface area contributed by atoms with Crippen LogP contribution in [-0.4, -0.2) is 63.5 Å². The molecule has 2 heterocycles. The van der Waals surface area contributed by atoms with Gasteiger partial charge < -0.3 is 10.2 Å². The van der Waals surface area contributed by atoms with Crippen molar-refractivity contribution in [3.05, 3.63) is 83.9 Å². The fourth-order valence-electron chi connectivity index (χ4n) is 4.13. The Hall–Kier alpha value is -3.32. The van der Waals surface area contributed by atoms with Crippen LogP contribution in [0.5, 0.6) is 0 Å². The number of sulfonamides is 1. The van der Waals surface area contributed by atoms with Gasteiger partial charge in [0.25, 0.3) is 15.9 Å². The van der Waals surface area contributed by atoms with Crippen LogP contribution >= 0.6 is 23.7 Å². The summed E-state index contributed by atoms with van der Waals surface area (Å²) in [6.45, 7) is 4.40. The van der Waals surface area contributed by atoms with Gasteiger partial charge in [-0.25, -0.2) is 22.2 Å². The number of aromatic nitrogens is 1. The molecule has 13 heteroatoms. The molecule has 1 saturated heterocycles. The fraction of sp³-hybridized carbons (Fsp3) is 0.231. The molecule has 0 radical (unpaired) electrons. The fourth-order valence-corrected chi connectivity index (χ4v) is 6.23. The van der Waals surface area contributed by atoms with E-state index in [9.17, 15) is 22.0 Å².